The number of nitrogens with zero attached hydrogens (tertiary/aromatic N) is 1. The number of nitrogens with one attached hydrogen (secondary N) is 1. The van der Waals surface area contributed by atoms with Crippen molar-refractivity contribution in [2.24, 2.45) is 0 Å². The van der Waals surface area contributed by atoms with Gasteiger partial charge in [0.1, 0.15) is 12.3 Å². The normalized spacial score (nSPS) is 15.2. The van der Waals surface area contributed by atoms with E-state index in [1.54, 1.807) is 32.2 Å². The minimum atomic E-state index is -0.404. The molecule has 0 aromatic heterocycles. The predicted octanol–water partition coefficient (Wildman–Crippen LogP) is 3.50. The third kappa shape index (κ3) is 4.11. The largest absolute Gasteiger partial charge is 0.493 e. The maximum atomic E-state index is 12.2. The van der Waals surface area contributed by atoms with Crippen molar-refractivity contribution < 1.29 is 19.1 Å². The lowest BCUT2D eigenvalue weighted by Crippen LogP contribution is -2.30. The standard InChI is InChI=1S/C21H22N2O4/c1-4-23-20(24)17(22-21(23)25)11-16-9-10-18(19(12-16)26-3)27-13-15-7-5-14(2)6-8-15/h5-12H,4,13H2,1-3H3,(H,22,25)/b17-11+. The summed E-state index contributed by atoms with van der Waals surface area (Å²) in [6.45, 7) is 4.55. The highest BCUT2D eigenvalue weighted by Crippen LogP contribution is 2.30. The molecule has 2 aromatic carbocycles. The minimum Gasteiger partial charge on any atom is -0.493 e. The molecule has 0 bridgehead atoms. The maximum absolute atomic E-state index is 12.2. The van der Waals surface area contributed by atoms with Gasteiger partial charge in [0, 0.05) is 6.54 Å². The first-order chi connectivity index (χ1) is 13.0. The van der Waals surface area contributed by atoms with Gasteiger partial charge in [0.15, 0.2) is 11.5 Å². The van der Waals surface area contributed by atoms with Crippen LogP contribution >= 0.6 is 0 Å². The molecule has 1 saturated heterocycles. The van der Waals surface area contributed by atoms with Crippen molar-refractivity contribution in [2.45, 2.75) is 20.5 Å². The van der Waals surface area contributed by atoms with Gasteiger partial charge in [-0.05, 0) is 43.2 Å². The SMILES string of the molecule is CCN1C(=O)N/C(=C/c2ccc(OCc3ccc(C)cc3)c(OC)c2)C1=O. The highest BCUT2D eigenvalue weighted by atomic mass is 16.5. The molecule has 0 saturated carbocycles. The van der Waals surface area contributed by atoms with E-state index in [0.29, 0.717) is 24.7 Å². The lowest BCUT2D eigenvalue weighted by Gasteiger charge is -2.12. The molecule has 1 N–H and O–H groups in total. The molecule has 1 fully saturated rings. The summed E-state index contributed by atoms with van der Waals surface area (Å²) in [4.78, 5) is 25.1. The highest BCUT2D eigenvalue weighted by Gasteiger charge is 2.31. The average molecular weight is 366 g/mol. The minimum absolute atomic E-state index is 0.247. The Balaban J connectivity index is 1.76. The predicted molar refractivity (Wildman–Crippen MR) is 102 cm³/mol. The summed E-state index contributed by atoms with van der Waals surface area (Å²) >= 11 is 0. The summed E-state index contributed by atoms with van der Waals surface area (Å²) in [5.74, 6) is 0.832. The van der Waals surface area contributed by atoms with Gasteiger partial charge < -0.3 is 14.8 Å². The Labute approximate surface area is 158 Å². The Morgan fingerprint density at radius 3 is 2.44 bits per heavy atom. The fraction of sp³-hybridized carbons (Fsp3) is 0.238. The van der Waals surface area contributed by atoms with E-state index < -0.39 is 6.03 Å². The number of hydrogen-bond donors (Lipinski definition) is 1. The van der Waals surface area contributed by atoms with E-state index in [-0.39, 0.29) is 11.6 Å². The second-order valence-electron chi connectivity index (χ2n) is 6.22. The molecule has 6 nitrogen and oxygen atoms in total. The molecule has 1 heterocycles. The van der Waals surface area contributed by atoms with Crippen LogP contribution < -0.4 is 14.8 Å². The number of amides is 3. The van der Waals surface area contributed by atoms with Crippen molar-refractivity contribution >= 4 is 18.0 Å². The molecule has 0 unspecified atom stereocenters. The fourth-order valence-electron chi connectivity index (χ4n) is 2.76. The number of likely N-dealkylation sites (N-methyl/N-ethyl adjacent to an activating group) is 1. The third-order valence-corrected chi connectivity index (χ3v) is 4.29. The number of urea groups is 1. The topological polar surface area (TPSA) is 67.9 Å². The van der Waals surface area contributed by atoms with E-state index in [1.165, 1.54) is 5.56 Å². The van der Waals surface area contributed by atoms with Crippen molar-refractivity contribution in [3.8, 4) is 11.5 Å². The smallest absolute Gasteiger partial charge is 0.328 e. The van der Waals surface area contributed by atoms with Crippen LogP contribution in [0.4, 0.5) is 4.79 Å². The second-order valence-corrected chi connectivity index (χ2v) is 6.22. The zero-order valence-corrected chi connectivity index (χ0v) is 15.6. The Kier molecular flexibility index (Phi) is 5.45. The summed E-state index contributed by atoms with van der Waals surface area (Å²) < 4.78 is 11.3. The van der Waals surface area contributed by atoms with Gasteiger partial charge in [0.05, 0.1) is 7.11 Å². The number of rotatable bonds is 6. The molecule has 3 rings (SSSR count). The zero-order valence-electron chi connectivity index (χ0n) is 15.6. The van der Waals surface area contributed by atoms with Gasteiger partial charge in [-0.3, -0.25) is 9.69 Å². The van der Waals surface area contributed by atoms with Crippen LogP contribution in [0.1, 0.15) is 23.6 Å². The van der Waals surface area contributed by atoms with Gasteiger partial charge >= 0.3 is 6.03 Å². The summed E-state index contributed by atoms with van der Waals surface area (Å²) in [5.41, 5.74) is 3.24. The summed E-state index contributed by atoms with van der Waals surface area (Å²) in [6, 6.07) is 13.1. The van der Waals surface area contributed by atoms with E-state index in [0.717, 1.165) is 16.0 Å². The van der Waals surface area contributed by atoms with Gasteiger partial charge in [-0.25, -0.2) is 4.79 Å². The summed E-state index contributed by atoms with van der Waals surface area (Å²) in [7, 11) is 1.56. The molecule has 3 amide bonds. The van der Waals surface area contributed by atoms with E-state index in [2.05, 4.69) is 5.32 Å². The Hall–Kier alpha value is -3.28. The lowest BCUT2D eigenvalue weighted by atomic mass is 10.1. The zero-order chi connectivity index (χ0) is 19.4. The maximum Gasteiger partial charge on any atom is 0.328 e. The Morgan fingerprint density at radius 1 is 1.07 bits per heavy atom. The first-order valence-electron chi connectivity index (χ1n) is 8.72. The number of carbonyl (C=O) groups is 2. The molecular formula is C21H22N2O4. The number of methoxy groups -OCH3 is 1. The van der Waals surface area contributed by atoms with Crippen molar-refractivity contribution in [1.29, 1.82) is 0 Å². The highest BCUT2D eigenvalue weighted by molar-refractivity contribution is 6.13. The lowest BCUT2D eigenvalue weighted by molar-refractivity contribution is -0.122. The number of ether oxygens (including phenoxy) is 2. The van der Waals surface area contributed by atoms with Crippen molar-refractivity contribution in [3.05, 3.63) is 64.9 Å². The van der Waals surface area contributed by atoms with Crippen LogP contribution in [-0.2, 0) is 11.4 Å². The number of benzene rings is 2. The quantitative estimate of drug-likeness (QED) is 0.628. The van der Waals surface area contributed by atoms with Crippen LogP contribution in [0.15, 0.2) is 48.2 Å². The number of hydrogen-bond acceptors (Lipinski definition) is 4. The van der Waals surface area contributed by atoms with Gasteiger partial charge in [-0.15, -0.1) is 0 Å². The first kappa shape index (κ1) is 18.5. The van der Waals surface area contributed by atoms with Crippen LogP contribution in [0.25, 0.3) is 6.08 Å². The molecule has 0 aliphatic carbocycles. The van der Waals surface area contributed by atoms with Crippen LogP contribution in [0, 0.1) is 6.92 Å². The fourth-order valence-corrected chi connectivity index (χ4v) is 2.76. The molecule has 140 valence electrons. The van der Waals surface area contributed by atoms with E-state index in [9.17, 15) is 9.59 Å². The van der Waals surface area contributed by atoms with Gasteiger partial charge in [-0.1, -0.05) is 35.9 Å². The molecule has 27 heavy (non-hydrogen) atoms. The van der Waals surface area contributed by atoms with E-state index in [1.807, 2.05) is 37.3 Å². The molecular weight excluding hydrogens is 344 g/mol. The number of carbonyl (C=O) groups excluding carboxylic acids is 2. The van der Waals surface area contributed by atoms with Crippen molar-refractivity contribution in [1.82, 2.24) is 10.2 Å². The van der Waals surface area contributed by atoms with Gasteiger partial charge in [-0.2, -0.15) is 0 Å². The Bertz CT molecular complexity index is 888. The van der Waals surface area contributed by atoms with Gasteiger partial charge in [0.25, 0.3) is 5.91 Å². The van der Waals surface area contributed by atoms with Crippen LogP contribution in [-0.4, -0.2) is 30.5 Å². The number of imide groups is 1. The van der Waals surface area contributed by atoms with Crippen LogP contribution in [0.2, 0.25) is 0 Å². The summed E-state index contributed by atoms with van der Waals surface area (Å²) in [6.07, 6.45) is 1.63. The molecule has 0 radical (unpaired) electrons. The molecule has 0 spiro atoms. The van der Waals surface area contributed by atoms with E-state index >= 15 is 0 Å². The second kappa shape index (κ2) is 7.95. The molecule has 2 aromatic rings. The molecule has 1 aliphatic heterocycles. The Morgan fingerprint density at radius 2 is 1.81 bits per heavy atom. The summed E-state index contributed by atoms with van der Waals surface area (Å²) in [5, 5.41) is 2.58. The third-order valence-electron chi connectivity index (χ3n) is 4.29. The van der Waals surface area contributed by atoms with Crippen LogP contribution in [0.5, 0.6) is 11.5 Å². The molecule has 1 aliphatic rings. The average Bonchev–Trinajstić information content (AvgIpc) is 2.94. The molecule has 0 atom stereocenters. The number of aryl methyl sites for hydroxylation is 1. The van der Waals surface area contributed by atoms with Crippen molar-refractivity contribution in [3.63, 3.8) is 0 Å². The van der Waals surface area contributed by atoms with Crippen molar-refractivity contribution in [2.75, 3.05) is 13.7 Å². The first-order valence-corrected chi connectivity index (χ1v) is 8.72. The van der Waals surface area contributed by atoms with Gasteiger partial charge in [0.2, 0.25) is 0 Å². The monoisotopic (exact) mass is 366 g/mol. The molecule has 6 heteroatoms. The van der Waals surface area contributed by atoms with Crippen LogP contribution in [0.3, 0.4) is 0 Å². The van der Waals surface area contributed by atoms with E-state index in [4.69, 9.17) is 9.47 Å².